The highest BCUT2D eigenvalue weighted by molar-refractivity contribution is 5.89. The number of pyridine rings is 1. The van der Waals surface area contributed by atoms with Crippen LogP contribution in [0.4, 0.5) is 5.82 Å². The van der Waals surface area contributed by atoms with Crippen molar-refractivity contribution in [1.29, 1.82) is 0 Å². The summed E-state index contributed by atoms with van der Waals surface area (Å²) in [5.74, 6) is 0.290. The van der Waals surface area contributed by atoms with Crippen LogP contribution in [0.1, 0.15) is 10.4 Å². The van der Waals surface area contributed by atoms with E-state index in [0.29, 0.717) is 31.9 Å². The molecule has 1 aromatic heterocycles. The van der Waals surface area contributed by atoms with Crippen LogP contribution >= 0.6 is 0 Å². The average Bonchev–Trinajstić information content (AvgIpc) is 2.72. The molecule has 3 rings (SSSR count). The first-order chi connectivity index (χ1) is 10.6. The van der Waals surface area contributed by atoms with Crippen LogP contribution in [0.15, 0.2) is 18.3 Å². The minimum atomic E-state index is -0.407. The second-order valence-electron chi connectivity index (χ2n) is 5.64. The van der Waals surface area contributed by atoms with E-state index in [2.05, 4.69) is 14.6 Å². The number of esters is 1. The lowest BCUT2D eigenvalue weighted by molar-refractivity contribution is -0.133. The number of hydrogen-bond donors (Lipinski definition) is 0. The summed E-state index contributed by atoms with van der Waals surface area (Å²) in [6.45, 7) is 2.22. The number of anilines is 1. The molecule has 1 aromatic rings. The number of ether oxygens (including phenoxy) is 2. The van der Waals surface area contributed by atoms with Crippen LogP contribution in [0.2, 0.25) is 0 Å². The normalized spacial score (nSPS) is 24.9. The fraction of sp³-hybridized carbons (Fsp3) is 0.533. The SMILES string of the molecule is COC(=O)c1ccc(N2C[C@@H]3COC[C@H](C2)N(C)C3=O)nc1. The number of fused-ring (bicyclic) bond motifs is 3. The molecule has 0 saturated carbocycles. The van der Waals surface area contributed by atoms with Gasteiger partial charge in [0.2, 0.25) is 5.91 Å². The van der Waals surface area contributed by atoms with Gasteiger partial charge in [0.15, 0.2) is 0 Å². The van der Waals surface area contributed by atoms with Crippen molar-refractivity contribution in [1.82, 2.24) is 9.88 Å². The molecule has 7 nitrogen and oxygen atoms in total. The lowest BCUT2D eigenvalue weighted by Crippen LogP contribution is -2.43. The molecule has 7 heteroatoms. The van der Waals surface area contributed by atoms with E-state index in [1.165, 1.54) is 13.3 Å². The summed E-state index contributed by atoms with van der Waals surface area (Å²) in [7, 11) is 3.17. The molecule has 2 saturated heterocycles. The van der Waals surface area contributed by atoms with E-state index in [9.17, 15) is 9.59 Å². The molecule has 0 N–H and O–H groups in total. The first-order valence-electron chi connectivity index (χ1n) is 7.24. The third-order valence-electron chi connectivity index (χ3n) is 4.24. The molecule has 2 bridgehead atoms. The Morgan fingerprint density at radius 2 is 2.18 bits per heavy atom. The molecule has 2 aliphatic rings. The molecule has 2 atom stereocenters. The van der Waals surface area contributed by atoms with Gasteiger partial charge >= 0.3 is 5.97 Å². The Morgan fingerprint density at radius 3 is 2.86 bits per heavy atom. The third kappa shape index (κ3) is 2.64. The summed E-state index contributed by atoms with van der Waals surface area (Å²) < 4.78 is 10.3. The number of carbonyl (C=O) groups is 2. The molecule has 22 heavy (non-hydrogen) atoms. The Labute approximate surface area is 128 Å². The molecule has 0 radical (unpaired) electrons. The van der Waals surface area contributed by atoms with Gasteiger partial charge < -0.3 is 19.3 Å². The Kier molecular flexibility index (Phi) is 3.98. The summed E-state index contributed by atoms with van der Waals surface area (Å²) in [6.07, 6.45) is 1.50. The molecule has 0 aromatic carbocycles. The summed E-state index contributed by atoms with van der Waals surface area (Å²) >= 11 is 0. The highest BCUT2D eigenvalue weighted by Crippen LogP contribution is 2.23. The zero-order chi connectivity index (χ0) is 15.7. The van der Waals surface area contributed by atoms with Crippen LogP contribution in [0.3, 0.4) is 0 Å². The highest BCUT2D eigenvalue weighted by Gasteiger charge is 2.37. The van der Waals surface area contributed by atoms with Crippen LogP contribution in [0.25, 0.3) is 0 Å². The maximum atomic E-state index is 12.3. The molecule has 2 aliphatic heterocycles. The predicted molar refractivity (Wildman–Crippen MR) is 78.7 cm³/mol. The van der Waals surface area contributed by atoms with Gasteiger partial charge in [-0.1, -0.05) is 0 Å². The molecular weight excluding hydrogens is 286 g/mol. The van der Waals surface area contributed by atoms with Crippen molar-refractivity contribution in [3.63, 3.8) is 0 Å². The van der Waals surface area contributed by atoms with Crippen molar-refractivity contribution >= 4 is 17.7 Å². The monoisotopic (exact) mass is 305 g/mol. The highest BCUT2D eigenvalue weighted by atomic mass is 16.5. The van der Waals surface area contributed by atoms with Crippen LogP contribution in [0.5, 0.6) is 0 Å². The largest absolute Gasteiger partial charge is 0.465 e. The Morgan fingerprint density at radius 1 is 1.36 bits per heavy atom. The molecule has 118 valence electrons. The van der Waals surface area contributed by atoms with Crippen molar-refractivity contribution in [3.05, 3.63) is 23.9 Å². The lowest BCUT2D eigenvalue weighted by Gasteiger charge is -2.30. The molecule has 0 aliphatic carbocycles. The number of nitrogens with zero attached hydrogens (tertiary/aromatic N) is 3. The summed E-state index contributed by atoms with van der Waals surface area (Å²) in [4.78, 5) is 32.0. The van der Waals surface area contributed by atoms with Gasteiger partial charge in [0.25, 0.3) is 0 Å². The number of aromatic nitrogens is 1. The van der Waals surface area contributed by atoms with Gasteiger partial charge in [-0.15, -0.1) is 0 Å². The fourth-order valence-electron chi connectivity index (χ4n) is 2.90. The number of amides is 1. The van der Waals surface area contributed by atoms with Crippen molar-refractivity contribution < 1.29 is 19.1 Å². The number of carbonyl (C=O) groups excluding carboxylic acids is 2. The lowest BCUT2D eigenvalue weighted by atomic mass is 10.1. The maximum Gasteiger partial charge on any atom is 0.339 e. The maximum absolute atomic E-state index is 12.3. The molecule has 1 amide bonds. The first kappa shape index (κ1) is 14.8. The van der Waals surface area contributed by atoms with Crippen LogP contribution in [0, 0.1) is 5.92 Å². The predicted octanol–water partition coefficient (Wildman–Crippen LogP) is 0.162. The van der Waals surface area contributed by atoms with Crippen molar-refractivity contribution in [2.24, 2.45) is 5.92 Å². The van der Waals surface area contributed by atoms with E-state index in [1.54, 1.807) is 17.0 Å². The van der Waals surface area contributed by atoms with Crippen molar-refractivity contribution in [3.8, 4) is 0 Å². The Balaban J connectivity index is 1.83. The fourth-order valence-corrected chi connectivity index (χ4v) is 2.90. The molecule has 0 spiro atoms. The minimum Gasteiger partial charge on any atom is -0.465 e. The number of methoxy groups -OCH3 is 1. The Hall–Kier alpha value is -2.15. The van der Waals surface area contributed by atoms with Crippen LogP contribution in [-0.4, -0.2) is 68.3 Å². The van der Waals surface area contributed by atoms with Crippen molar-refractivity contribution in [2.45, 2.75) is 6.04 Å². The topological polar surface area (TPSA) is 72.0 Å². The van der Waals surface area contributed by atoms with Crippen molar-refractivity contribution in [2.75, 3.05) is 45.4 Å². The molecule has 0 unspecified atom stereocenters. The number of hydrogen-bond acceptors (Lipinski definition) is 6. The zero-order valence-electron chi connectivity index (χ0n) is 12.7. The summed E-state index contributed by atoms with van der Waals surface area (Å²) in [5, 5.41) is 0. The quantitative estimate of drug-likeness (QED) is 0.725. The van der Waals surface area contributed by atoms with Crippen LogP contribution in [-0.2, 0) is 14.3 Å². The zero-order valence-corrected chi connectivity index (χ0v) is 12.7. The third-order valence-corrected chi connectivity index (χ3v) is 4.24. The van der Waals surface area contributed by atoms with Gasteiger partial charge in [-0.2, -0.15) is 0 Å². The van der Waals surface area contributed by atoms with Gasteiger partial charge in [-0.25, -0.2) is 9.78 Å². The van der Waals surface area contributed by atoms with E-state index in [-0.39, 0.29) is 17.9 Å². The Bertz CT molecular complexity index is 575. The average molecular weight is 305 g/mol. The smallest absolute Gasteiger partial charge is 0.339 e. The van der Waals surface area contributed by atoms with Gasteiger partial charge in [-0.05, 0) is 12.1 Å². The number of likely N-dealkylation sites (N-methyl/N-ethyl adjacent to an activating group) is 1. The minimum absolute atomic E-state index is 0.0158. The van der Waals surface area contributed by atoms with Gasteiger partial charge in [0.05, 0.1) is 37.8 Å². The van der Waals surface area contributed by atoms with Gasteiger partial charge in [-0.3, -0.25) is 4.79 Å². The van der Waals surface area contributed by atoms with E-state index in [1.807, 2.05) is 7.05 Å². The van der Waals surface area contributed by atoms with E-state index >= 15 is 0 Å². The van der Waals surface area contributed by atoms with Crippen LogP contribution < -0.4 is 4.90 Å². The number of rotatable bonds is 2. The second-order valence-corrected chi connectivity index (χ2v) is 5.64. The molecule has 2 fully saturated rings. The van der Waals surface area contributed by atoms with E-state index in [0.717, 1.165) is 5.82 Å². The summed E-state index contributed by atoms with van der Waals surface area (Å²) in [6, 6.07) is 3.50. The van der Waals surface area contributed by atoms with Gasteiger partial charge in [0.1, 0.15) is 5.82 Å². The first-order valence-corrected chi connectivity index (χ1v) is 7.24. The molecular formula is C15H19N3O4. The van der Waals surface area contributed by atoms with E-state index in [4.69, 9.17) is 4.74 Å². The van der Waals surface area contributed by atoms with E-state index < -0.39 is 5.97 Å². The standard InChI is InChI=1S/C15H19N3O4/c1-17-12-7-18(6-11(14(17)19)8-22-9-12)13-4-3-10(5-16-13)15(20)21-2/h3-5,11-12H,6-9H2,1-2H3/t11-,12+/m1/s1. The van der Waals surface area contributed by atoms with Gasteiger partial charge in [0, 0.05) is 26.3 Å². The second kappa shape index (κ2) is 5.92. The molecule has 3 heterocycles. The summed E-state index contributed by atoms with van der Waals surface area (Å²) in [5.41, 5.74) is 0.415.